The van der Waals surface area contributed by atoms with Gasteiger partial charge in [0.1, 0.15) is 0 Å². The molecule has 2 rings (SSSR count). The van der Waals surface area contributed by atoms with E-state index in [9.17, 15) is 0 Å². The summed E-state index contributed by atoms with van der Waals surface area (Å²) in [5, 5.41) is 0. The summed E-state index contributed by atoms with van der Waals surface area (Å²) < 4.78 is 0. The van der Waals surface area contributed by atoms with E-state index in [0.717, 1.165) is 25.7 Å². The molecule has 0 saturated carbocycles. The van der Waals surface area contributed by atoms with Gasteiger partial charge >= 0.3 is 0 Å². The van der Waals surface area contributed by atoms with Gasteiger partial charge in [0.2, 0.25) is 0 Å². The van der Waals surface area contributed by atoms with Gasteiger partial charge in [-0.05, 0) is 96.6 Å². The van der Waals surface area contributed by atoms with E-state index in [1.54, 1.807) is 11.1 Å². The third-order valence-electron chi connectivity index (χ3n) is 7.30. The molecule has 0 fully saturated rings. The number of hydrogen-bond acceptors (Lipinski definition) is 0. The van der Waals surface area contributed by atoms with Crippen LogP contribution in [0.4, 0.5) is 0 Å². The molecular weight excluding hydrogens is 396 g/mol. The molecule has 2 aromatic carbocycles. The molecule has 0 nitrogen and oxygen atoms in total. The molecule has 2 atom stereocenters. The van der Waals surface area contributed by atoms with Crippen LogP contribution in [0.2, 0.25) is 0 Å². The Hall–Kier alpha value is -1.56. The first kappa shape index (κ1) is 27.7. The first-order valence-electron chi connectivity index (χ1n) is 14.2. The summed E-state index contributed by atoms with van der Waals surface area (Å²) in [6.07, 6.45) is 17.7. The maximum absolute atomic E-state index is 2.77. The summed E-state index contributed by atoms with van der Waals surface area (Å²) in [6.45, 7) is 13.8. The highest BCUT2D eigenvalue weighted by molar-refractivity contribution is 5.35. The van der Waals surface area contributed by atoms with Crippen LogP contribution >= 0.6 is 0 Å². The summed E-state index contributed by atoms with van der Waals surface area (Å²) in [5.41, 5.74) is 9.13. The Morgan fingerprint density at radius 1 is 0.545 bits per heavy atom. The second-order valence-electron chi connectivity index (χ2n) is 10.1. The molecule has 0 heterocycles. The number of aryl methyl sites for hydroxylation is 4. The van der Waals surface area contributed by atoms with E-state index in [0.29, 0.717) is 11.8 Å². The van der Waals surface area contributed by atoms with Crippen LogP contribution in [0.1, 0.15) is 126 Å². The second kappa shape index (κ2) is 15.4. The third-order valence-corrected chi connectivity index (χ3v) is 7.30. The molecule has 0 bridgehead atoms. The summed E-state index contributed by atoms with van der Waals surface area (Å²) >= 11 is 0. The van der Waals surface area contributed by atoms with Gasteiger partial charge in [-0.15, -0.1) is 0 Å². The van der Waals surface area contributed by atoms with E-state index in [4.69, 9.17) is 0 Å². The van der Waals surface area contributed by atoms with Crippen molar-refractivity contribution in [2.75, 3.05) is 0 Å². The maximum Gasteiger partial charge on any atom is -0.0128 e. The molecule has 2 unspecified atom stereocenters. The number of hydrogen-bond donors (Lipinski definition) is 0. The summed E-state index contributed by atoms with van der Waals surface area (Å²) in [7, 11) is 0. The quantitative estimate of drug-likeness (QED) is 0.225. The van der Waals surface area contributed by atoms with E-state index >= 15 is 0 Å². The predicted octanol–water partition coefficient (Wildman–Crippen LogP) is 9.85. The van der Waals surface area contributed by atoms with Crippen LogP contribution in [0, 0.1) is 12.3 Å². The van der Waals surface area contributed by atoms with Gasteiger partial charge < -0.3 is 0 Å². The average molecular weight is 448 g/mol. The lowest BCUT2D eigenvalue weighted by Gasteiger charge is -2.25. The molecule has 0 aliphatic rings. The van der Waals surface area contributed by atoms with Crippen molar-refractivity contribution in [1.29, 1.82) is 0 Å². The van der Waals surface area contributed by atoms with Gasteiger partial charge in [-0.25, -0.2) is 0 Å². The van der Waals surface area contributed by atoms with Crippen LogP contribution in [-0.4, -0.2) is 0 Å². The molecular formula is C33H51. The largest absolute Gasteiger partial charge is 0.0654 e. The monoisotopic (exact) mass is 447 g/mol. The van der Waals surface area contributed by atoms with Crippen LogP contribution < -0.4 is 0 Å². The average Bonchev–Trinajstić information content (AvgIpc) is 2.85. The van der Waals surface area contributed by atoms with Crippen LogP contribution in [0.25, 0.3) is 0 Å². The van der Waals surface area contributed by atoms with E-state index in [2.05, 4.69) is 84.4 Å². The third kappa shape index (κ3) is 9.30. The van der Waals surface area contributed by atoms with Crippen molar-refractivity contribution < 1.29 is 0 Å². The van der Waals surface area contributed by atoms with Crippen molar-refractivity contribution in [3.05, 3.63) is 76.2 Å². The fraction of sp³-hybridized carbons (Fsp3) is 0.606. The summed E-state index contributed by atoms with van der Waals surface area (Å²) in [5.74, 6) is 1.24. The molecule has 0 N–H and O–H groups in total. The highest BCUT2D eigenvalue weighted by atomic mass is 14.2. The van der Waals surface area contributed by atoms with Gasteiger partial charge in [0.25, 0.3) is 0 Å². The molecule has 0 aliphatic heterocycles. The van der Waals surface area contributed by atoms with Gasteiger partial charge in [-0.3, -0.25) is 0 Å². The minimum Gasteiger partial charge on any atom is -0.0654 e. The topological polar surface area (TPSA) is 0 Å². The first-order valence-corrected chi connectivity index (χ1v) is 14.2. The Morgan fingerprint density at radius 3 is 1.52 bits per heavy atom. The number of unbranched alkanes of at least 4 members (excludes halogenated alkanes) is 3. The zero-order chi connectivity index (χ0) is 24.1. The Kier molecular flexibility index (Phi) is 12.9. The molecule has 1 radical (unpaired) electrons. The Morgan fingerprint density at radius 2 is 1.03 bits per heavy atom. The van der Waals surface area contributed by atoms with Crippen molar-refractivity contribution >= 4 is 0 Å². The first-order chi connectivity index (χ1) is 16.1. The summed E-state index contributed by atoms with van der Waals surface area (Å²) in [6, 6.07) is 14.8. The molecule has 33 heavy (non-hydrogen) atoms. The SMILES string of the molecule is CCCCCC([CH]C(CCCC)c1cc(CC)cc(CC)c1)Cc1cc(CC)cc(CC)c1. The van der Waals surface area contributed by atoms with Crippen molar-refractivity contribution in [3.8, 4) is 0 Å². The Bertz CT molecular complexity index is 755. The van der Waals surface area contributed by atoms with Crippen molar-refractivity contribution in [2.45, 2.75) is 125 Å². The van der Waals surface area contributed by atoms with Crippen molar-refractivity contribution in [3.63, 3.8) is 0 Å². The van der Waals surface area contributed by atoms with Crippen LogP contribution in [-0.2, 0) is 32.1 Å². The van der Waals surface area contributed by atoms with E-state index in [1.807, 2.05) is 0 Å². The van der Waals surface area contributed by atoms with Gasteiger partial charge in [0, 0.05) is 0 Å². The minimum absolute atomic E-state index is 0.577. The van der Waals surface area contributed by atoms with Gasteiger partial charge in [0.05, 0.1) is 0 Å². The fourth-order valence-electron chi connectivity index (χ4n) is 5.13. The zero-order valence-electron chi connectivity index (χ0n) is 22.7. The molecule has 0 amide bonds. The normalized spacial score (nSPS) is 13.3. The molecule has 0 heteroatoms. The highest BCUT2D eigenvalue weighted by Gasteiger charge is 2.20. The lowest BCUT2D eigenvalue weighted by molar-refractivity contribution is 0.465. The van der Waals surface area contributed by atoms with Crippen LogP contribution in [0.15, 0.2) is 36.4 Å². The van der Waals surface area contributed by atoms with Crippen molar-refractivity contribution in [2.24, 2.45) is 5.92 Å². The van der Waals surface area contributed by atoms with E-state index in [1.165, 1.54) is 73.6 Å². The molecule has 2 aromatic rings. The van der Waals surface area contributed by atoms with E-state index in [-0.39, 0.29) is 0 Å². The van der Waals surface area contributed by atoms with Gasteiger partial charge in [-0.2, -0.15) is 0 Å². The zero-order valence-corrected chi connectivity index (χ0v) is 22.7. The molecule has 0 saturated heterocycles. The number of rotatable bonds is 16. The smallest absolute Gasteiger partial charge is 0.0128 e. The van der Waals surface area contributed by atoms with Gasteiger partial charge in [-0.1, -0.05) is 110 Å². The van der Waals surface area contributed by atoms with Crippen molar-refractivity contribution in [1.82, 2.24) is 0 Å². The minimum atomic E-state index is 0.577. The fourth-order valence-corrected chi connectivity index (χ4v) is 5.13. The lowest BCUT2D eigenvalue weighted by Crippen LogP contribution is -2.13. The molecule has 0 spiro atoms. The highest BCUT2D eigenvalue weighted by Crippen LogP contribution is 2.34. The predicted molar refractivity (Wildman–Crippen MR) is 148 cm³/mol. The Labute approximate surface area is 206 Å². The number of benzene rings is 2. The van der Waals surface area contributed by atoms with E-state index < -0.39 is 0 Å². The molecule has 0 aliphatic carbocycles. The van der Waals surface area contributed by atoms with Gasteiger partial charge in [0.15, 0.2) is 0 Å². The Balaban J connectivity index is 2.32. The molecule has 183 valence electrons. The standard InChI is InChI=1S/C33H51/c1-7-13-15-16-30(22-31-20-26(9-3)18-27(10-4)21-31)25-32(17-14-8-2)33-23-28(11-5)19-29(12-6)24-33/h18-21,23-25,30,32H,7-17,22H2,1-6H3. The van der Waals surface area contributed by atoms with Crippen LogP contribution in [0.5, 0.6) is 0 Å². The second-order valence-corrected chi connectivity index (χ2v) is 10.1. The summed E-state index contributed by atoms with van der Waals surface area (Å²) in [4.78, 5) is 0. The van der Waals surface area contributed by atoms with Crippen LogP contribution in [0.3, 0.4) is 0 Å². The maximum atomic E-state index is 2.77. The lowest BCUT2D eigenvalue weighted by atomic mass is 9.79. The molecule has 0 aromatic heterocycles.